The second kappa shape index (κ2) is 12.7. The first-order valence-corrected chi connectivity index (χ1v) is 9.13. The van der Waals surface area contributed by atoms with Crippen molar-refractivity contribution in [1.82, 2.24) is 0 Å². The average Bonchev–Trinajstić information content (AvgIpc) is 2.42. The molecule has 0 N–H and O–H groups in total. The van der Waals surface area contributed by atoms with Gasteiger partial charge in [-0.05, 0) is 12.0 Å². The van der Waals surface area contributed by atoms with Gasteiger partial charge >= 0.3 is 0 Å². The molecular formula is C16H26NaO3S. The Morgan fingerprint density at radius 1 is 0.905 bits per heavy atom. The molecule has 0 saturated heterocycles. The van der Waals surface area contributed by atoms with Gasteiger partial charge in [0.05, 0.1) is 6.61 Å². The van der Waals surface area contributed by atoms with E-state index in [1.54, 1.807) is 12.1 Å². The van der Waals surface area contributed by atoms with Crippen LogP contribution in [0.1, 0.15) is 57.4 Å². The van der Waals surface area contributed by atoms with Crippen molar-refractivity contribution in [2.24, 2.45) is 0 Å². The summed E-state index contributed by atoms with van der Waals surface area (Å²) >= 11 is 0. The molecule has 0 spiro atoms. The van der Waals surface area contributed by atoms with Crippen LogP contribution >= 0.6 is 0 Å². The number of hydrogen-bond acceptors (Lipinski definition) is 3. The zero-order chi connectivity index (χ0) is 14.7. The number of rotatable bonds is 11. The number of unbranched alkanes of at least 4 members (excludes halogenated alkanes) is 6. The van der Waals surface area contributed by atoms with Crippen LogP contribution in [0.2, 0.25) is 0 Å². The summed E-state index contributed by atoms with van der Waals surface area (Å²) in [5.41, 5.74) is 0.770. The van der Waals surface area contributed by atoms with Gasteiger partial charge in [-0.25, -0.2) is 0 Å². The molecule has 0 fully saturated rings. The molecule has 0 saturated carbocycles. The van der Waals surface area contributed by atoms with Crippen LogP contribution in [0.3, 0.4) is 0 Å². The maximum atomic E-state index is 11.8. The van der Waals surface area contributed by atoms with E-state index in [2.05, 4.69) is 6.92 Å². The van der Waals surface area contributed by atoms with E-state index in [0.717, 1.165) is 18.4 Å². The van der Waals surface area contributed by atoms with Gasteiger partial charge < -0.3 is 0 Å². The number of hydrogen-bond donors (Lipinski definition) is 0. The summed E-state index contributed by atoms with van der Waals surface area (Å²) in [5.74, 6) is -0.0374. The summed E-state index contributed by atoms with van der Waals surface area (Å²) < 4.78 is 28.5. The summed E-state index contributed by atoms with van der Waals surface area (Å²) in [4.78, 5) is 0. The van der Waals surface area contributed by atoms with Crippen LogP contribution in [-0.4, -0.2) is 44.6 Å². The molecule has 0 bridgehead atoms. The van der Waals surface area contributed by atoms with Gasteiger partial charge in [-0.3, -0.25) is 4.18 Å². The third kappa shape index (κ3) is 11.4. The zero-order valence-corrected chi connectivity index (χ0v) is 16.2. The molecule has 115 valence electrons. The van der Waals surface area contributed by atoms with Crippen LogP contribution in [0.15, 0.2) is 30.3 Å². The van der Waals surface area contributed by atoms with E-state index in [9.17, 15) is 8.42 Å². The van der Waals surface area contributed by atoms with Crippen molar-refractivity contribution in [1.29, 1.82) is 0 Å². The zero-order valence-electron chi connectivity index (χ0n) is 13.4. The SMILES string of the molecule is CCCCCCCCCOS(=O)(=O)Cc1ccccc1.[Na]. The molecular weight excluding hydrogens is 295 g/mol. The van der Waals surface area contributed by atoms with Crippen LogP contribution in [0.5, 0.6) is 0 Å². The predicted octanol–water partition coefficient (Wildman–Crippen LogP) is 3.90. The summed E-state index contributed by atoms with van der Waals surface area (Å²) in [7, 11) is -3.44. The number of benzene rings is 1. The minimum atomic E-state index is -3.44. The van der Waals surface area contributed by atoms with Crippen LogP contribution < -0.4 is 0 Å². The molecule has 1 radical (unpaired) electrons. The van der Waals surface area contributed by atoms with E-state index in [0.29, 0.717) is 6.61 Å². The standard InChI is InChI=1S/C16H26O3S.Na/c1-2-3-4-5-6-7-11-14-19-20(17,18)15-16-12-9-8-10-13-16;/h8-10,12-13H,2-7,11,14-15H2,1H3;. The molecule has 0 unspecified atom stereocenters. The third-order valence-corrected chi connectivity index (χ3v) is 4.41. The molecule has 0 aliphatic carbocycles. The predicted molar refractivity (Wildman–Crippen MR) is 88.8 cm³/mol. The van der Waals surface area contributed by atoms with Gasteiger partial charge in [0.2, 0.25) is 0 Å². The van der Waals surface area contributed by atoms with Gasteiger partial charge in [-0.15, -0.1) is 0 Å². The van der Waals surface area contributed by atoms with Gasteiger partial charge in [0, 0.05) is 29.6 Å². The quantitative estimate of drug-likeness (QED) is 0.353. The van der Waals surface area contributed by atoms with E-state index in [-0.39, 0.29) is 35.3 Å². The van der Waals surface area contributed by atoms with Crippen molar-refractivity contribution >= 4 is 39.7 Å². The fourth-order valence-corrected chi connectivity index (χ4v) is 3.12. The Hall–Kier alpha value is 0.130. The molecule has 1 rings (SSSR count). The summed E-state index contributed by atoms with van der Waals surface area (Å²) in [6, 6.07) is 9.14. The van der Waals surface area contributed by atoms with Gasteiger partial charge in [0.25, 0.3) is 10.1 Å². The largest absolute Gasteiger partial charge is 0.271 e. The molecule has 0 heterocycles. The topological polar surface area (TPSA) is 43.4 Å². The first-order valence-electron chi connectivity index (χ1n) is 7.55. The fourth-order valence-electron chi connectivity index (χ4n) is 2.07. The first-order chi connectivity index (χ1) is 9.64. The molecule has 3 nitrogen and oxygen atoms in total. The molecule has 0 atom stereocenters. The minimum Gasteiger partial charge on any atom is -0.270 e. The Morgan fingerprint density at radius 3 is 2.10 bits per heavy atom. The molecule has 0 amide bonds. The second-order valence-corrected chi connectivity index (χ2v) is 6.77. The van der Waals surface area contributed by atoms with Crippen molar-refractivity contribution in [3.8, 4) is 0 Å². The molecule has 0 aromatic heterocycles. The van der Waals surface area contributed by atoms with E-state index in [1.165, 1.54) is 32.1 Å². The second-order valence-electron chi connectivity index (χ2n) is 5.13. The van der Waals surface area contributed by atoms with Crippen LogP contribution in [-0.2, 0) is 20.1 Å². The Labute approximate surface area is 151 Å². The van der Waals surface area contributed by atoms with E-state index < -0.39 is 10.1 Å². The van der Waals surface area contributed by atoms with Gasteiger partial charge in [-0.1, -0.05) is 75.8 Å². The van der Waals surface area contributed by atoms with Crippen molar-refractivity contribution < 1.29 is 12.6 Å². The van der Waals surface area contributed by atoms with Crippen LogP contribution in [0, 0.1) is 0 Å². The molecule has 5 heteroatoms. The minimum absolute atomic E-state index is 0. The smallest absolute Gasteiger partial charge is 0.270 e. The molecule has 0 aliphatic rings. The van der Waals surface area contributed by atoms with Gasteiger partial charge in [-0.2, -0.15) is 8.42 Å². The Morgan fingerprint density at radius 2 is 1.48 bits per heavy atom. The molecule has 1 aromatic rings. The van der Waals surface area contributed by atoms with E-state index in [1.807, 2.05) is 18.2 Å². The Balaban J connectivity index is 0.00000400. The fraction of sp³-hybridized carbons (Fsp3) is 0.625. The van der Waals surface area contributed by atoms with Gasteiger partial charge in [0.1, 0.15) is 5.75 Å². The van der Waals surface area contributed by atoms with Crippen molar-refractivity contribution in [3.05, 3.63) is 35.9 Å². The van der Waals surface area contributed by atoms with Crippen molar-refractivity contribution in [3.63, 3.8) is 0 Å². The normalized spacial score (nSPS) is 11.1. The van der Waals surface area contributed by atoms with Crippen molar-refractivity contribution in [2.45, 2.75) is 57.6 Å². The van der Waals surface area contributed by atoms with Gasteiger partial charge in [0.15, 0.2) is 0 Å². The summed E-state index contributed by atoms with van der Waals surface area (Å²) in [6.07, 6.45) is 8.10. The van der Waals surface area contributed by atoms with Crippen LogP contribution in [0.25, 0.3) is 0 Å². The third-order valence-electron chi connectivity index (χ3n) is 3.20. The summed E-state index contributed by atoms with van der Waals surface area (Å²) in [5, 5.41) is 0. The first kappa shape index (κ1) is 21.1. The molecule has 0 aliphatic heterocycles. The maximum Gasteiger partial charge on any atom is 0.271 e. The van der Waals surface area contributed by atoms with E-state index in [4.69, 9.17) is 4.18 Å². The maximum absolute atomic E-state index is 11.8. The molecule has 1 aromatic carbocycles. The van der Waals surface area contributed by atoms with E-state index >= 15 is 0 Å². The summed E-state index contributed by atoms with van der Waals surface area (Å²) in [6.45, 7) is 2.51. The van der Waals surface area contributed by atoms with Crippen LogP contribution in [0.4, 0.5) is 0 Å². The Bertz CT molecular complexity index is 446. The molecule has 21 heavy (non-hydrogen) atoms. The monoisotopic (exact) mass is 321 g/mol. The van der Waals surface area contributed by atoms with Crippen molar-refractivity contribution in [2.75, 3.05) is 6.61 Å². The Kier molecular flexibility index (Phi) is 12.7. The average molecular weight is 321 g/mol.